The molecule has 1 atom stereocenters. The summed E-state index contributed by atoms with van der Waals surface area (Å²) in [6.07, 6.45) is 6.37. The van der Waals surface area contributed by atoms with E-state index in [1.807, 2.05) is 23.1 Å². The molecule has 4 heterocycles. The molecule has 4 amide bonds. The molecule has 46 heavy (non-hydrogen) atoms. The molecule has 2 N–H and O–H groups in total. The zero-order chi connectivity index (χ0) is 32.3. The van der Waals surface area contributed by atoms with Crippen LogP contribution in [0.5, 0.6) is 0 Å². The zero-order valence-corrected chi connectivity index (χ0v) is 28.9. The highest BCUT2D eigenvalue weighted by atomic mass is 79.9. The number of amides is 4. The summed E-state index contributed by atoms with van der Waals surface area (Å²) >= 11 is 3.68. The Hall–Kier alpha value is -2.95. The van der Waals surface area contributed by atoms with E-state index < -0.39 is 12.2 Å². The molecular weight excluding hydrogens is 646 g/mol. The van der Waals surface area contributed by atoms with Crippen LogP contribution in [-0.4, -0.2) is 96.3 Å². The molecule has 4 aliphatic rings. The van der Waals surface area contributed by atoms with Crippen LogP contribution in [0.4, 0.5) is 15.3 Å². The Balaban J connectivity index is 1.17. The van der Waals surface area contributed by atoms with Gasteiger partial charge in [-0.1, -0.05) is 46.3 Å². The molecule has 3 saturated heterocycles. The van der Waals surface area contributed by atoms with E-state index in [0.29, 0.717) is 43.4 Å². The van der Waals surface area contributed by atoms with Gasteiger partial charge in [0.1, 0.15) is 0 Å². The summed E-state index contributed by atoms with van der Waals surface area (Å²) in [4.78, 5) is 45.4. The lowest BCUT2D eigenvalue weighted by molar-refractivity contribution is -0.886. The molecule has 3 fully saturated rings. The lowest BCUT2D eigenvalue weighted by Gasteiger charge is -2.47. The van der Waals surface area contributed by atoms with Crippen LogP contribution >= 0.6 is 15.9 Å². The normalized spacial score (nSPS) is 21.6. The summed E-state index contributed by atoms with van der Waals surface area (Å²) in [7, 11) is 0. The number of likely N-dealkylation sites (tertiary alicyclic amines) is 2. The van der Waals surface area contributed by atoms with Gasteiger partial charge in [0.15, 0.2) is 0 Å². The van der Waals surface area contributed by atoms with Crippen molar-refractivity contribution in [2.24, 2.45) is 0 Å². The average Bonchev–Trinajstić information content (AvgIpc) is 3.25. The minimum atomic E-state index is -0.854. The largest absolute Gasteiger partial charge is 0.431 e. The number of nitrogens with zero attached hydrogens (tertiary/aromatic N) is 3. The number of para-hydroxylation sites is 1. The van der Waals surface area contributed by atoms with Crippen LogP contribution in [0.2, 0.25) is 0 Å². The van der Waals surface area contributed by atoms with E-state index in [0.717, 1.165) is 97.1 Å². The van der Waals surface area contributed by atoms with Crippen LogP contribution in [0.1, 0.15) is 67.2 Å². The van der Waals surface area contributed by atoms with Crippen LogP contribution < -0.4 is 10.6 Å². The molecule has 0 saturated carbocycles. The summed E-state index contributed by atoms with van der Waals surface area (Å²) in [5, 5.41) is 6.54. The van der Waals surface area contributed by atoms with Crippen molar-refractivity contribution in [1.29, 1.82) is 0 Å². The fourth-order valence-electron chi connectivity index (χ4n) is 8.27. The van der Waals surface area contributed by atoms with E-state index in [1.54, 1.807) is 4.90 Å². The molecule has 9 nitrogen and oxygen atoms in total. The van der Waals surface area contributed by atoms with Gasteiger partial charge in [-0.15, -0.1) is 0 Å². The van der Waals surface area contributed by atoms with Gasteiger partial charge in [-0.05, 0) is 80.7 Å². The van der Waals surface area contributed by atoms with Gasteiger partial charge in [-0.2, -0.15) is 0 Å². The van der Waals surface area contributed by atoms with Crippen molar-refractivity contribution in [2.75, 3.05) is 51.1 Å². The first-order valence-electron chi connectivity index (χ1n) is 17.2. The van der Waals surface area contributed by atoms with Crippen LogP contribution in [0.15, 0.2) is 40.9 Å². The van der Waals surface area contributed by atoms with E-state index in [4.69, 9.17) is 4.74 Å². The van der Waals surface area contributed by atoms with Crippen molar-refractivity contribution < 1.29 is 23.6 Å². The standard InChI is InChI=1S/C36H48BrN5O4/c1-25-22-27(23-26(2)33(25)37)24-32(34(43)42(20-6-3-7-21-42)30-10-15-38-16-11-30)46-36(45)40-17-13-29(14-18-40)41-19-12-28-8-4-5-9-31(28)39-35(41)44/h4-5,8-9,22-23,29-30,32,38H,3,6-7,10-21,24H2,1-2H3/p+1/t32-/m1/s1. The molecule has 0 aromatic heterocycles. The zero-order valence-electron chi connectivity index (χ0n) is 27.4. The Morgan fingerprint density at radius 2 is 1.65 bits per heavy atom. The third-order valence-electron chi connectivity index (χ3n) is 10.8. The average molecular weight is 696 g/mol. The summed E-state index contributed by atoms with van der Waals surface area (Å²) in [5.74, 6) is 0.0638. The van der Waals surface area contributed by atoms with E-state index >= 15 is 0 Å². The van der Waals surface area contributed by atoms with Crippen molar-refractivity contribution in [2.45, 2.75) is 89.8 Å². The molecule has 0 spiro atoms. The Morgan fingerprint density at radius 1 is 0.978 bits per heavy atom. The van der Waals surface area contributed by atoms with E-state index in [1.165, 1.54) is 0 Å². The Labute approximate surface area is 281 Å². The number of halogens is 1. The van der Waals surface area contributed by atoms with Gasteiger partial charge in [0, 0.05) is 68.2 Å². The Bertz CT molecular complexity index is 1410. The fraction of sp³-hybridized carbons (Fsp3) is 0.583. The maximum atomic E-state index is 14.8. The summed E-state index contributed by atoms with van der Waals surface area (Å²) in [6.45, 7) is 9.24. The highest BCUT2D eigenvalue weighted by Gasteiger charge is 2.50. The monoisotopic (exact) mass is 694 g/mol. The van der Waals surface area contributed by atoms with Crippen LogP contribution in [0, 0.1) is 13.8 Å². The number of benzene rings is 2. The second-order valence-corrected chi connectivity index (χ2v) is 14.5. The number of rotatable bonds is 6. The maximum Gasteiger partial charge on any atom is 0.410 e. The fourth-order valence-corrected chi connectivity index (χ4v) is 8.50. The second-order valence-electron chi connectivity index (χ2n) is 13.7. The first kappa shape index (κ1) is 33.0. The number of hydrogen-bond acceptors (Lipinski definition) is 5. The molecule has 4 aliphatic heterocycles. The molecule has 2 aromatic rings. The Morgan fingerprint density at radius 3 is 2.35 bits per heavy atom. The number of quaternary nitrogens is 1. The van der Waals surface area contributed by atoms with Crippen molar-refractivity contribution in [1.82, 2.24) is 15.1 Å². The molecule has 0 unspecified atom stereocenters. The van der Waals surface area contributed by atoms with Crippen molar-refractivity contribution in [3.63, 3.8) is 0 Å². The smallest absolute Gasteiger partial charge is 0.410 e. The minimum Gasteiger partial charge on any atom is -0.431 e. The van der Waals surface area contributed by atoms with Crippen LogP contribution in [0.25, 0.3) is 0 Å². The van der Waals surface area contributed by atoms with Gasteiger partial charge in [0.2, 0.25) is 6.10 Å². The number of carbonyl (C=O) groups excluding carboxylic acids is 3. The summed E-state index contributed by atoms with van der Waals surface area (Å²) < 4.78 is 7.80. The molecule has 0 aliphatic carbocycles. The number of urea groups is 1. The predicted molar refractivity (Wildman–Crippen MR) is 183 cm³/mol. The van der Waals surface area contributed by atoms with Gasteiger partial charge in [0.25, 0.3) is 0 Å². The third kappa shape index (κ3) is 6.99. The number of hydrogen-bond donors (Lipinski definition) is 2. The van der Waals surface area contributed by atoms with Crippen molar-refractivity contribution >= 4 is 39.6 Å². The van der Waals surface area contributed by atoms with Crippen LogP contribution in [0.3, 0.4) is 0 Å². The highest BCUT2D eigenvalue weighted by molar-refractivity contribution is 9.10. The number of aryl methyl sites for hydroxylation is 2. The molecule has 6 rings (SSSR count). The third-order valence-corrected chi connectivity index (χ3v) is 12.1. The molecular formula is C36H49BrN5O4+. The number of nitrogens with one attached hydrogen (secondary N) is 2. The SMILES string of the molecule is Cc1cc(C[C@@H](OC(=O)N2CCC(N3CCc4ccccc4NC3=O)CC2)C(=O)[N+]2(C3CCNCC3)CCCCC2)cc(C)c1Br. The predicted octanol–water partition coefficient (Wildman–Crippen LogP) is 5.95. The minimum absolute atomic E-state index is 0.0478. The van der Waals surface area contributed by atoms with Gasteiger partial charge >= 0.3 is 18.0 Å². The molecule has 2 aromatic carbocycles. The van der Waals surface area contributed by atoms with Crippen molar-refractivity contribution in [3.8, 4) is 0 Å². The summed E-state index contributed by atoms with van der Waals surface area (Å²) in [5.41, 5.74) is 5.24. The lowest BCUT2D eigenvalue weighted by Crippen LogP contribution is -2.67. The first-order valence-corrected chi connectivity index (χ1v) is 18.0. The van der Waals surface area contributed by atoms with Gasteiger partial charge in [0.05, 0.1) is 19.1 Å². The van der Waals surface area contributed by atoms with E-state index in [2.05, 4.69) is 58.6 Å². The van der Waals surface area contributed by atoms with Crippen LogP contribution in [-0.2, 0) is 22.4 Å². The second kappa shape index (κ2) is 14.4. The molecule has 0 radical (unpaired) electrons. The number of anilines is 1. The molecule has 0 bridgehead atoms. The number of ether oxygens (including phenoxy) is 1. The van der Waals surface area contributed by atoms with Gasteiger partial charge < -0.3 is 25.2 Å². The first-order chi connectivity index (χ1) is 22.2. The maximum absolute atomic E-state index is 14.8. The topological polar surface area (TPSA) is 91.0 Å². The number of fused-ring (bicyclic) bond motifs is 1. The quantitative estimate of drug-likeness (QED) is 0.365. The van der Waals surface area contributed by atoms with Crippen molar-refractivity contribution in [3.05, 3.63) is 63.1 Å². The Kier molecular flexibility index (Phi) is 10.3. The van der Waals surface area contributed by atoms with Gasteiger partial charge in [-0.3, -0.25) is 4.48 Å². The molecule has 10 heteroatoms. The number of carbonyl (C=O) groups is 3. The van der Waals surface area contributed by atoms with Gasteiger partial charge in [-0.25, -0.2) is 14.4 Å². The highest BCUT2D eigenvalue weighted by Crippen LogP contribution is 2.32. The van der Waals surface area contributed by atoms with E-state index in [9.17, 15) is 14.4 Å². The summed E-state index contributed by atoms with van der Waals surface area (Å²) in [6, 6.07) is 12.4. The molecule has 248 valence electrons. The number of piperidine rings is 3. The lowest BCUT2D eigenvalue weighted by atomic mass is 9.93. The van der Waals surface area contributed by atoms with E-state index in [-0.39, 0.29) is 24.0 Å².